The number of carbonyl (C=O) groups is 1. The standard InChI is InChI=1S/C27H31N3O4S/c1-19-7-5-6-14-30(19)35(32,33)26-17-21(10-11-25(26)34-2)27(31)29-15-12-20(13-16-29)23-18-28-24-9-4-3-8-22(23)24/h3-4,8-12,17-19,28H,5-7,13-16H2,1-2H3/t19-/m0/s1. The summed E-state index contributed by atoms with van der Waals surface area (Å²) in [5, 5.41) is 1.18. The Morgan fingerprint density at radius 3 is 2.69 bits per heavy atom. The second kappa shape index (κ2) is 9.51. The van der Waals surface area contributed by atoms with Gasteiger partial charge in [0.25, 0.3) is 5.91 Å². The Kier molecular flexibility index (Phi) is 6.42. The predicted molar refractivity (Wildman–Crippen MR) is 137 cm³/mol. The molecule has 0 spiro atoms. The van der Waals surface area contributed by atoms with Gasteiger partial charge in [0.1, 0.15) is 10.6 Å². The van der Waals surface area contributed by atoms with Crippen molar-refractivity contribution < 1.29 is 17.9 Å². The summed E-state index contributed by atoms with van der Waals surface area (Å²) in [4.78, 5) is 18.5. The SMILES string of the molecule is COc1ccc(C(=O)N2CC=C(c3c[nH]c4ccccc34)CC2)cc1S(=O)(=O)N1CCCC[C@@H]1C. The predicted octanol–water partition coefficient (Wildman–Crippen LogP) is 4.67. The number of H-pyrrole nitrogens is 1. The topological polar surface area (TPSA) is 82.7 Å². The average molecular weight is 494 g/mol. The van der Waals surface area contributed by atoms with Gasteiger partial charge in [0.2, 0.25) is 10.0 Å². The van der Waals surface area contributed by atoms with Gasteiger partial charge in [0.15, 0.2) is 0 Å². The molecule has 7 nitrogen and oxygen atoms in total. The van der Waals surface area contributed by atoms with Gasteiger partial charge in [0, 0.05) is 53.9 Å². The van der Waals surface area contributed by atoms with E-state index in [9.17, 15) is 13.2 Å². The number of ether oxygens (including phenoxy) is 1. The van der Waals surface area contributed by atoms with Crippen molar-refractivity contribution in [1.82, 2.24) is 14.2 Å². The van der Waals surface area contributed by atoms with Crippen molar-refractivity contribution in [2.24, 2.45) is 0 Å². The van der Waals surface area contributed by atoms with Gasteiger partial charge in [0.05, 0.1) is 7.11 Å². The Balaban J connectivity index is 1.39. The monoisotopic (exact) mass is 493 g/mol. The number of fused-ring (bicyclic) bond motifs is 1. The highest BCUT2D eigenvalue weighted by Gasteiger charge is 2.34. The van der Waals surface area contributed by atoms with E-state index in [-0.39, 0.29) is 22.6 Å². The van der Waals surface area contributed by atoms with Crippen molar-refractivity contribution in [3.8, 4) is 5.75 Å². The number of aromatic amines is 1. The number of nitrogens with one attached hydrogen (secondary N) is 1. The molecule has 1 amide bonds. The van der Waals surface area contributed by atoms with Gasteiger partial charge >= 0.3 is 0 Å². The molecule has 2 aromatic carbocycles. The summed E-state index contributed by atoms with van der Waals surface area (Å²) >= 11 is 0. The molecule has 35 heavy (non-hydrogen) atoms. The maximum atomic E-state index is 13.5. The lowest BCUT2D eigenvalue weighted by atomic mass is 9.98. The Labute approximate surface area is 206 Å². The number of methoxy groups -OCH3 is 1. The van der Waals surface area contributed by atoms with E-state index in [4.69, 9.17) is 4.74 Å². The fraction of sp³-hybridized carbons (Fsp3) is 0.370. The fourth-order valence-electron chi connectivity index (χ4n) is 5.18. The van der Waals surface area contributed by atoms with Gasteiger partial charge in [-0.15, -0.1) is 0 Å². The third kappa shape index (κ3) is 4.36. The molecule has 1 fully saturated rings. The number of rotatable bonds is 5. The molecule has 3 heterocycles. The quantitative estimate of drug-likeness (QED) is 0.560. The molecule has 3 aromatic rings. The highest BCUT2D eigenvalue weighted by molar-refractivity contribution is 7.89. The van der Waals surface area contributed by atoms with Crippen LogP contribution in [0.3, 0.4) is 0 Å². The number of hydrogen-bond donors (Lipinski definition) is 1. The van der Waals surface area contributed by atoms with Crippen LogP contribution in [0, 0.1) is 0 Å². The van der Waals surface area contributed by atoms with Crippen LogP contribution in [0.15, 0.2) is 59.6 Å². The Hall–Kier alpha value is -3.10. The third-order valence-electron chi connectivity index (χ3n) is 7.17. The summed E-state index contributed by atoms with van der Waals surface area (Å²) in [7, 11) is -2.32. The Morgan fingerprint density at radius 2 is 1.94 bits per heavy atom. The van der Waals surface area contributed by atoms with E-state index in [1.807, 2.05) is 25.3 Å². The van der Waals surface area contributed by atoms with Gasteiger partial charge < -0.3 is 14.6 Å². The minimum atomic E-state index is -3.78. The van der Waals surface area contributed by atoms with Crippen LogP contribution in [0.1, 0.15) is 48.5 Å². The third-order valence-corrected chi connectivity index (χ3v) is 9.21. The molecule has 0 radical (unpaired) electrons. The molecule has 184 valence electrons. The molecule has 1 atom stereocenters. The fourth-order valence-corrected chi connectivity index (χ4v) is 7.07. The summed E-state index contributed by atoms with van der Waals surface area (Å²) in [6.45, 7) is 3.47. The number of benzene rings is 2. The van der Waals surface area contributed by atoms with Crippen LogP contribution in [0.25, 0.3) is 16.5 Å². The van der Waals surface area contributed by atoms with E-state index in [0.29, 0.717) is 25.2 Å². The first-order valence-electron chi connectivity index (χ1n) is 12.1. The van der Waals surface area contributed by atoms with E-state index in [1.54, 1.807) is 21.3 Å². The molecule has 8 heteroatoms. The maximum absolute atomic E-state index is 13.5. The summed E-state index contributed by atoms with van der Waals surface area (Å²) in [6.07, 6.45) is 7.54. The van der Waals surface area contributed by atoms with Crippen LogP contribution in [0.4, 0.5) is 0 Å². The molecule has 0 saturated carbocycles. The molecule has 0 bridgehead atoms. The van der Waals surface area contributed by atoms with Crippen molar-refractivity contribution in [1.29, 1.82) is 0 Å². The summed E-state index contributed by atoms with van der Waals surface area (Å²) in [6, 6.07) is 12.8. The van der Waals surface area contributed by atoms with Crippen molar-refractivity contribution in [2.75, 3.05) is 26.7 Å². The number of sulfonamides is 1. The first-order chi connectivity index (χ1) is 16.9. The zero-order valence-corrected chi connectivity index (χ0v) is 21.0. The van der Waals surface area contributed by atoms with Crippen LogP contribution in [0.2, 0.25) is 0 Å². The molecular formula is C27H31N3O4S. The number of para-hydroxylation sites is 1. The second-order valence-corrected chi connectivity index (χ2v) is 11.2. The van der Waals surface area contributed by atoms with Crippen LogP contribution in [-0.4, -0.2) is 61.3 Å². The Bertz CT molecular complexity index is 1390. The van der Waals surface area contributed by atoms with Crippen LogP contribution in [-0.2, 0) is 10.0 Å². The lowest BCUT2D eigenvalue weighted by molar-refractivity contribution is 0.0772. The van der Waals surface area contributed by atoms with Crippen LogP contribution in [0.5, 0.6) is 5.75 Å². The lowest BCUT2D eigenvalue weighted by Crippen LogP contribution is -2.42. The zero-order valence-electron chi connectivity index (χ0n) is 20.2. The number of piperidine rings is 1. The second-order valence-electron chi connectivity index (χ2n) is 9.30. The molecule has 1 N–H and O–H groups in total. The summed E-state index contributed by atoms with van der Waals surface area (Å²) < 4.78 is 34.0. The van der Waals surface area contributed by atoms with Crippen molar-refractivity contribution in [3.05, 3.63) is 65.9 Å². The number of carbonyl (C=O) groups excluding carboxylic acids is 1. The van der Waals surface area contributed by atoms with E-state index in [1.165, 1.54) is 29.7 Å². The first kappa shape index (κ1) is 23.6. The van der Waals surface area contributed by atoms with Crippen molar-refractivity contribution >= 4 is 32.4 Å². The van der Waals surface area contributed by atoms with Crippen molar-refractivity contribution in [2.45, 2.75) is 43.5 Å². The molecule has 1 saturated heterocycles. The van der Waals surface area contributed by atoms with E-state index >= 15 is 0 Å². The van der Waals surface area contributed by atoms with Crippen molar-refractivity contribution in [3.63, 3.8) is 0 Å². The molecule has 0 aliphatic carbocycles. The molecule has 5 rings (SSSR count). The smallest absolute Gasteiger partial charge is 0.254 e. The van der Waals surface area contributed by atoms with Gasteiger partial charge in [-0.2, -0.15) is 4.31 Å². The van der Waals surface area contributed by atoms with Gasteiger partial charge in [-0.1, -0.05) is 30.7 Å². The normalized spacial score (nSPS) is 19.5. The van der Waals surface area contributed by atoms with Crippen LogP contribution < -0.4 is 4.74 Å². The lowest BCUT2D eigenvalue weighted by Gasteiger charge is -2.32. The molecule has 2 aliphatic heterocycles. The average Bonchev–Trinajstić information content (AvgIpc) is 3.32. The maximum Gasteiger partial charge on any atom is 0.254 e. The minimum Gasteiger partial charge on any atom is -0.495 e. The van der Waals surface area contributed by atoms with E-state index in [0.717, 1.165) is 31.2 Å². The molecular weight excluding hydrogens is 462 g/mol. The van der Waals surface area contributed by atoms with Crippen LogP contribution >= 0.6 is 0 Å². The number of nitrogens with zero attached hydrogens (tertiary/aromatic N) is 2. The molecule has 1 aromatic heterocycles. The molecule has 0 unspecified atom stereocenters. The number of amides is 1. The van der Waals surface area contributed by atoms with E-state index < -0.39 is 10.0 Å². The highest BCUT2D eigenvalue weighted by Crippen LogP contribution is 2.33. The first-order valence-corrected chi connectivity index (χ1v) is 13.6. The number of hydrogen-bond acceptors (Lipinski definition) is 4. The number of aromatic nitrogens is 1. The minimum absolute atomic E-state index is 0.0617. The zero-order chi connectivity index (χ0) is 24.6. The van der Waals surface area contributed by atoms with Gasteiger partial charge in [-0.3, -0.25) is 4.79 Å². The van der Waals surface area contributed by atoms with Gasteiger partial charge in [-0.25, -0.2) is 8.42 Å². The van der Waals surface area contributed by atoms with Gasteiger partial charge in [-0.05, 0) is 56.0 Å². The summed E-state index contributed by atoms with van der Waals surface area (Å²) in [5.74, 6) is 0.0875. The largest absolute Gasteiger partial charge is 0.495 e. The molecule has 2 aliphatic rings. The highest BCUT2D eigenvalue weighted by atomic mass is 32.2. The Morgan fingerprint density at radius 1 is 1.11 bits per heavy atom. The van der Waals surface area contributed by atoms with E-state index in [2.05, 4.69) is 23.2 Å². The summed E-state index contributed by atoms with van der Waals surface area (Å²) in [5.41, 5.74) is 3.83.